The van der Waals surface area contributed by atoms with Gasteiger partial charge in [0.2, 0.25) is 0 Å². The van der Waals surface area contributed by atoms with Gasteiger partial charge < -0.3 is 9.88 Å². The van der Waals surface area contributed by atoms with Crippen LogP contribution < -0.4 is 5.32 Å². The third kappa shape index (κ3) is 3.45. The van der Waals surface area contributed by atoms with Crippen LogP contribution in [0.3, 0.4) is 0 Å². The van der Waals surface area contributed by atoms with Crippen molar-refractivity contribution in [3.63, 3.8) is 0 Å². The van der Waals surface area contributed by atoms with E-state index in [2.05, 4.69) is 21.2 Å². The summed E-state index contributed by atoms with van der Waals surface area (Å²) in [6, 6.07) is 4.57. The molecule has 106 valence electrons. The minimum Gasteiger partial charge on any atom is -0.342 e. The van der Waals surface area contributed by atoms with Crippen LogP contribution in [0.15, 0.2) is 34.9 Å². The molecule has 1 aromatic heterocycles. The van der Waals surface area contributed by atoms with Gasteiger partial charge >= 0.3 is 0 Å². The van der Waals surface area contributed by atoms with Crippen LogP contribution in [0, 0.1) is 11.6 Å². The maximum Gasteiger partial charge on any atom is 0.272 e. The molecule has 0 bridgehead atoms. The molecule has 0 fully saturated rings. The molecule has 1 heterocycles. The summed E-state index contributed by atoms with van der Waals surface area (Å²) in [6.07, 6.45) is 2.67. The summed E-state index contributed by atoms with van der Waals surface area (Å²) in [4.78, 5) is 12.1. The molecule has 0 aliphatic carbocycles. The Labute approximate surface area is 123 Å². The van der Waals surface area contributed by atoms with Crippen molar-refractivity contribution in [3.05, 3.63) is 52.3 Å². The Morgan fingerprint density at radius 3 is 2.50 bits per heavy atom. The number of amides is 1. The number of hydrogen-bond acceptors (Lipinski definition) is 1. The molecule has 1 aromatic carbocycles. The van der Waals surface area contributed by atoms with Gasteiger partial charge in [0.25, 0.3) is 5.91 Å². The highest BCUT2D eigenvalue weighted by molar-refractivity contribution is 9.10. The first-order valence-electron chi connectivity index (χ1n) is 6.12. The number of anilines is 1. The fraction of sp³-hybridized carbons (Fsp3) is 0.214. The fourth-order valence-corrected chi connectivity index (χ4v) is 2.38. The number of carbonyl (C=O) groups excluding carboxylic acids is 1. The Bertz CT molecular complexity index is 620. The van der Waals surface area contributed by atoms with Crippen molar-refractivity contribution in [2.24, 2.45) is 0 Å². The zero-order chi connectivity index (χ0) is 14.7. The second kappa shape index (κ2) is 6.17. The first-order valence-corrected chi connectivity index (χ1v) is 6.92. The summed E-state index contributed by atoms with van der Waals surface area (Å²) in [5.41, 5.74) is 0.524. The minimum atomic E-state index is -0.731. The van der Waals surface area contributed by atoms with Crippen molar-refractivity contribution in [1.82, 2.24) is 4.57 Å². The maximum absolute atomic E-state index is 13.1. The fourth-order valence-electron chi connectivity index (χ4n) is 1.91. The molecule has 2 aromatic rings. The van der Waals surface area contributed by atoms with E-state index < -0.39 is 17.5 Å². The Balaban J connectivity index is 2.23. The number of nitrogens with zero attached hydrogens (tertiary/aromatic N) is 1. The van der Waals surface area contributed by atoms with Gasteiger partial charge in [0.05, 0.1) is 0 Å². The standard InChI is InChI=1S/C14H13BrF2N2O/c1-2-3-19-8-9(15)4-13(19)14(20)18-12-6-10(16)5-11(17)7-12/h4-8H,2-3H2,1H3,(H,18,20). The van der Waals surface area contributed by atoms with Crippen LogP contribution in [-0.4, -0.2) is 10.5 Å². The van der Waals surface area contributed by atoms with Gasteiger partial charge in [-0.25, -0.2) is 8.78 Å². The quantitative estimate of drug-likeness (QED) is 0.887. The van der Waals surface area contributed by atoms with Crippen LogP contribution in [0.5, 0.6) is 0 Å². The number of hydrogen-bond donors (Lipinski definition) is 1. The first kappa shape index (κ1) is 14.7. The van der Waals surface area contributed by atoms with E-state index in [0.29, 0.717) is 12.2 Å². The molecule has 0 spiro atoms. The van der Waals surface area contributed by atoms with Crippen LogP contribution in [0.25, 0.3) is 0 Å². The molecular formula is C14H13BrF2N2O. The molecule has 3 nitrogen and oxygen atoms in total. The molecule has 0 saturated carbocycles. The van der Waals surface area contributed by atoms with Crippen molar-refractivity contribution in [1.29, 1.82) is 0 Å². The average Bonchev–Trinajstić information content (AvgIpc) is 2.69. The highest BCUT2D eigenvalue weighted by atomic mass is 79.9. The summed E-state index contributed by atoms with van der Waals surface area (Å²) >= 11 is 3.31. The molecule has 0 aliphatic heterocycles. The molecular weight excluding hydrogens is 330 g/mol. The molecule has 2 rings (SSSR count). The normalized spacial score (nSPS) is 10.6. The highest BCUT2D eigenvalue weighted by Gasteiger charge is 2.13. The van der Waals surface area contributed by atoms with Gasteiger partial charge in [0.1, 0.15) is 17.3 Å². The summed E-state index contributed by atoms with van der Waals surface area (Å²) in [6.45, 7) is 2.68. The molecule has 0 radical (unpaired) electrons. The lowest BCUT2D eigenvalue weighted by molar-refractivity contribution is 0.101. The van der Waals surface area contributed by atoms with E-state index in [4.69, 9.17) is 0 Å². The van der Waals surface area contributed by atoms with Gasteiger partial charge in [0.15, 0.2) is 0 Å². The predicted octanol–water partition coefficient (Wildman–Crippen LogP) is 4.19. The lowest BCUT2D eigenvalue weighted by Gasteiger charge is -2.09. The van der Waals surface area contributed by atoms with Gasteiger partial charge in [-0.05, 0) is 40.5 Å². The SMILES string of the molecule is CCCn1cc(Br)cc1C(=O)Nc1cc(F)cc(F)c1. The van der Waals surface area contributed by atoms with Crippen molar-refractivity contribution >= 4 is 27.5 Å². The molecule has 1 amide bonds. The van der Waals surface area contributed by atoms with Crippen molar-refractivity contribution in [2.45, 2.75) is 19.9 Å². The topological polar surface area (TPSA) is 34.0 Å². The van der Waals surface area contributed by atoms with E-state index in [9.17, 15) is 13.6 Å². The zero-order valence-corrected chi connectivity index (χ0v) is 12.4. The molecule has 0 aliphatic rings. The van der Waals surface area contributed by atoms with Crippen LogP contribution in [-0.2, 0) is 6.54 Å². The van der Waals surface area contributed by atoms with E-state index in [-0.39, 0.29) is 5.69 Å². The van der Waals surface area contributed by atoms with Gasteiger partial charge in [0, 0.05) is 29.0 Å². The third-order valence-corrected chi connectivity index (χ3v) is 3.11. The second-order valence-corrected chi connectivity index (χ2v) is 5.26. The van der Waals surface area contributed by atoms with Gasteiger partial charge in [-0.15, -0.1) is 0 Å². The molecule has 6 heteroatoms. The van der Waals surface area contributed by atoms with E-state index >= 15 is 0 Å². The minimum absolute atomic E-state index is 0.0906. The first-order chi connectivity index (χ1) is 9.49. The average molecular weight is 343 g/mol. The number of rotatable bonds is 4. The number of aromatic nitrogens is 1. The Hall–Kier alpha value is -1.69. The summed E-state index contributed by atoms with van der Waals surface area (Å²) in [5.74, 6) is -1.87. The van der Waals surface area contributed by atoms with Crippen LogP contribution >= 0.6 is 15.9 Å². The maximum atomic E-state index is 13.1. The highest BCUT2D eigenvalue weighted by Crippen LogP contribution is 2.18. The summed E-state index contributed by atoms with van der Waals surface area (Å²) in [7, 11) is 0. The predicted molar refractivity (Wildman–Crippen MR) is 76.7 cm³/mol. The number of carbonyl (C=O) groups is 1. The van der Waals surface area contributed by atoms with E-state index in [1.807, 2.05) is 6.92 Å². The van der Waals surface area contributed by atoms with Gasteiger partial charge in [-0.1, -0.05) is 6.92 Å². The van der Waals surface area contributed by atoms with Crippen LogP contribution in [0.1, 0.15) is 23.8 Å². The van der Waals surface area contributed by atoms with Crippen LogP contribution in [0.4, 0.5) is 14.5 Å². The number of nitrogens with one attached hydrogen (secondary N) is 1. The van der Waals surface area contributed by atoms with Gasteiger partial charge in [-0.3, -0.25) is 4.79 Å². The van der Waals surface area contributed by atoms with Crippen molar-refractivity contribution < 1.29 is 13.6 Å². The zero-order valence-electron chi connectivity index (χ0n) is 10.8. The lowest BCUT2D eigenvalue weighted by Crippen LogP contribution is -2.17. The van der Waals surface area contributed by atoms with E-state index in [1.54, 1.807) is 16.8 Å². The van der Waals surface area contributed by atoms with E-state index in [0.717, 1.165) is 29.1 Å². The number of benzene rings is 1. The van der Waals surface area contributed by atoms with E-state index in [1.165, 1.54) is 0 Å². The molecule has 0 atom stereocenters. The van der Waals surface area contributed by atoms with Crippen molar-refractivity contribution in [2.75, 3.05) is 5.32 Å². The van der Waals surface area contributed by atoms with Gasteiger partial charge in [-0.2, -0.15) is 0 Å². The van der Waals surface area contributed by atoms with Crippen molar-refractivity contribution in [3.8, 4) is 0 Å². The summed E-state index contributed by atoms with van der Waals surface area (Å²) in [5, 5.41) is 2.49. The lowest BCUT2D eigenvalue weighted by atomic mass is 10.3. The monoisotopic (exact) mass is 342 g/mol. The van der Waals surface area contributed by atoms with Crippen LogP contribution in [0.2, 0.25) is 0 Å². The largest absolute Gasteiger partial charge is 0.342 e. The number of halogens is 3. The third-order valence-electron chi connectivity index (χ3n) is 2.68. The second-order valence-electron chi connectivity index (χ2n) is 4.35. The Kier molecular flexibility index (Phi) is 4.54. The molecule has 20 heavy (non-hydrogen) atoms. The smallest absolute Gasteiger partial charge is 0.272 e. The Morgan fingerprint density at radius 1 is 1.25 bits per heavy atom. The number of aryl methyl sites for hydroxylation is 1. The summed E-state index contributed by atoms with van der Waals surface area (Å²) < 4.78 is 28.7. The molecule has 0 unspecified atom stereocenters. The Morgan fingerprint density at radius 2 is 1.90 bits per heavy atom. The molecule has 1 N–H and O–H groups in total. The molecule has 0 saturated heterocycles.